The van der Waals surface area contributed by atoms with E-state index in [1.807, 2.05) is 78.5 Å². The summed E-state index contributed by atoms with van der Waals surface area (Å²) >= 11 is 1.55. The van der Waals surface area contributed by atoms with Gasteiger partial charge in [-0.3, -0.25) is 4.79 Å². The third kappa shape index (κ3) is 5.37. The average Bonchev–Trinajstić information content (AvgIpc) is 3.35. The summed E-state index contributed by atoms with van der Waals surface area (Å²) < 4.78 is 3.67. The number of hydrogen-bond donors (Lipinski definition) is 0. The van der Waals surface area contributed by atoms with Crippen LogP contribution in [-0.4, -0.2) is 43.7 Å². The number of benzene rings is 2. The second kappa shape index (κ2) is 12.7. The van der Waals surface area contributed by atoms with Crippen molar-refractivity contribution in [1.29, 1.82) is 0 Å². The number of nitrogens with zero attached hydrogens (tertiary/aromatic N) is 6. The van der Waals surface area contributed by atoms with Gasteiger partial charge in [-0.2, -0.15) is 5.10 Å². The van der Waals surface area contributed by atoms with E-state index in [1.165, 1.54) is 0 Å². The molecule has 40 heavy (non-hydrogen) atoms. The summed E-state index contributed by atoms with van der Waals surface area (Å²) in [5.74, 6) is 0.697. The molecule has 0 aliphatic rings. The largest absolute Gasteiger partial charge is 0.342 e. The minimum atomic E-state index is -0.0893. The molecule has 0 bridgehead atoms. The SMILES string of the molecule is CCCCCN(CCCCC)c1nc2c(c(C)nc3c2c(SC)nn3-c2ccccc2)c(=O)n1-c1ccccc1. The maximum Gasteiger partial charge on any atom is 0.269 e. The van der Waals surface area contributed by atoms with E-state index < -0.39 is 0 Å². The maximum absolute atomic E-state index is 14.5. The summed E-state index contributed by atoms with van der Waals surface area (Å²) in [6.45, 7) is 8.05. The Bertz CT molecular complexity index is 1640. The van der Waals surface area contributed by atoms with Crippen molar-refractivity contribution in [3.63, 3.8) is 0 Å². The van der Waals surface area contributed by atoms with E-state index in [0.29, 0.717) is 22.5 Å². The first-order valence-electron chi connectivity index (χ1n) is 14.3. The first-order chi connectivity index (χ1) is 19.6. The molecule has 2 aromatic carbocycles. The molecule has 7 nitrogen and oxygen atoms in total. The van der Waals surface area contributed by atoms with Gasteiger partial charge in [-0.05, 0) is 50.3 Å². The molecule has 5 aromatic rings. The lowest BCUT2D eigenvalue weighted by Gasteiger charge is -2.27. The van der Waals surface area contributed by atoms with Crippen LogP contribution in [0.5, 0.6) is 0 Å². The second-order valence-corrected chi connectivity index (χ2v) is 11.0. The zero-order valence-corrected chi connectivity index (χ0v) is 24.7. The van der Waals surface area contributed by atoms with E-state index in [-0.39, 0.29) is 5.56 Å². The smallest absolute Gasteiger partial charge is 0.269 e. The van der Waals surface area contributed by atoms with Gasteiger partial charge in [0.05, 0.1) is 33.4 Å². The maximum atomic E-state index is 14.5. The van der Waals surface area contributed by atoms with E-state index in [9.17, 15) is 4.79 Å². The van der Waals surface area contributed by atoms with Crippen molar-refractivity contribution in [3.05, 3.63) is 76.7 Å². The quantitative estimate of drug-likeness (QED) is 0.119. The van der Waals surface area contributed by atoms with Crippen LogP contribution in [0.3, 0.4) is 0 Å². The van der Waals surface area contributed by atoms with Gasteiger partial charge in [0.1, 0.15) is 5.03 Å². The van der Waals surface area contributed by atoms with E-state index in [2.05, 4.69) is 18.7 Å². The molecule has 0 aliphatic heterocycles. The zero-order valence-electron chi connectivity index (χ0n) is 23.9. The van der Waals surface area contributed by atoms with E-state index in [0.717, 1.165) is 79.0 Å². The van der Waals surface area contributed by atoms with E-state index in [1.54, 1.807) is 16.3 Å². The number of anilines is 1. The van der Waals surface area contributed by atoms with Crippen LogP contribution in [0, 0.1) is 6.92 Å². The van der Waals surface area contributed by atoms with Crippen LogP contribution in [0.25, 0.3) is 33.3 Å². The molecule has 8 heteroatoms. The number of fused-ring (bicyclic) bond motifs is 3. The van der Waals surface area contributed by atoms with Crippen molar-refractivity contribution in [2.75, 3.05) is 24.2 Å². The molecule has 3 aromatic heterocycles. The summed E-state index contributed by atoms with van der Waals surface area (Å²) in [4.78, 5) is 27.1. The van der Waals surface area contributed by atoms with Crippen LogP contribution in [0.1, 0.15) is 58.1 Å². The molecule has 0 N–H and O–H groups in total. The Kier molecular flexibility index (Phi) is 8.85. The Balaban J connectivity index is 1.84. The molecule has 3 heterocycles. The molecule has 0 aliphatic carbocycles. The van der Waals surface area contributed by atoms with Gasteiger partial charge >= 0.3 is 0 Å². The molecule has 0 fully saturated rings. The molecule has 0 saturated carbocycles. The highest BCUT2D eigenvalue weighted by Crippen LogP contribution is 2.34. The van der Waals surface area contributed by atoms with E-state index in [4.69, 9.17) is 15.1 Å². The highest BCUT2D eigenvalue weighted by Gasteiger charge is 2.25. The summed E-state index contributed by atoms with van der Waals surface area (Å²) in [7, 11) is 0. The van der Waals surface area contributed by atoms with Gasteiger partial charge < -0.3 is 4.90 Å². The molecule has 208 valence electrons. The lowest BCUT2D eigenvalue weighted by Crippen LogP contribution is -2.34. The monoisotopic (exact) mass is 554 g/mol. The highest BCUT2D eigenvalue weighted by molar-refractivity contribution is 7.98. The van der Waals surface area contributed by atoms with Crippen molar-refractivity contribution in [1.82, 2.24) is 24.3 Å². The first kappa shape index (κ1) is 27.9. The van der Waals surface area contributed by atoms with Crippen molar-refractivity contribution in [2.45, 2.75) is 64.3 Å². The fourth-order valence-electron chi connectivity index (χ4n) is 5.26. The predicted molar refractivity (Wildman–Crippen MR) is 168 cm³/mol. The van der Waals surface area contributed by atoms with Crippen LogP contribution in [0.15, 0.2) is 70.5 Å². The number of rotatable bonds is 12. The molecule has 0 amide bonds. The van der Waals surface area contributed by atoms with Gasteiger partial charge in [0.25, 0.3) is 5.56 Å². The van der Waals surface area contributed by atoms with Gasteiger partial charge in [-0.1, -0.05) is 75.9 Å². The summed E-state index contributed by atoms with van der Waals surface area (Å²) in [6.07, 6.45) is 8.68. The standard InChI is InChI=1S/C32H38N6OS/c1-5-7-15-21-36(22-16-8-6-2)32-34-28-26(31(39)37(32)24-17-11-9-12-18-24)23(3)33-29-27(28)30(40-4)35-38(29)25-19-13-10-14-20-25/h9-14,17-20H,5-8,15-16,21-22H2,1-4H3. The topological polar surface area (TPSA) is 68.8 Å². The van der Waals surface area contributed by atoms with Crippen LogP contribution < -0.4 is 10.5 Å². The van der Waals surface area contributed by atoms with Gasteiger partial charge in [0, 0.05) is 13.1 Å². The molecule has 5 rings (SSSR count). The minimum Gasteiger partial charge on any atom is -0.342 e. The number of para-hydroxylation sites is 2. The van der Waals surface area contributed by atoms with Gasteiger partial charge in [0.15, 0.2) is 5.65 Å². The number of aromatic nitrogens is 5. The van der Waals surface area contributed by atoms with Gasteiger partial charge in [-0.25, -0.2) is 19.2 Å². The molecule has 0 unspecified atom stereocenters. The molecule has 0 spiro atoms. The molecular weight excluding hydrogens is 516 g/mol. The van der Waals surface area contributed by atoms with Crippen molar-refractivity contribution in [2.24, 2.45) is 0 Å². The van der Waals surface area contributed by atoms with Crippen LogP contribution in [0.4, 0.5) is 5.95 Å². The summed E-state index contributed by atoms with van der Waals surface area (Å²) in [6, 6.07) is 19.9. The Morgan fingerprint density at radius 3 is 1.98 bits per heavy atom. The second-order valence-electron chi connectivity index (χ2n) is 10.2. The van der Waals surface area contributed by atoms with Crippen LogP contribution in [-0.2, 0) is 0 Å². The zero-order chi connectivity index (χ0) is 28.1. The lowest BCUT2D eigenvalue weighted by molar-refractivity contribution is 0.620. The molecule has 0 saturated heterocycles. The van der Waals surface area contributed by atoms with Gasteiger partial charge in [-0.15, -0.1) is 11.8 Å². The van der Waals surface area contributed by atoms with Crippen molar-refractivity contribution >= 4 is 39.6 Å². The number of pyridine rings is 1. The van der Waals surface area contributed by atoms with Gasteiger partial charge in [0.2, 0.25) is 5.95 Å². The third-order valence-corrected chi connectivity index (χ3v) is 7.99. The Labute approximate surface area is 240 Å². The van der Waals surface area contributed by atoms with Crippen LogP contribution >= 0.6 is 11.8 Å². The highest BCUT2D eigenvalue weighted by atomic mass is 32.2. The molecule has 0 radical (unpaired) electrons. The molecular formula is C32H38N6OS. The van der Waals surface area contributed by atoms with Crippen LogP contribution in [0.2, 0.25) is 0 Å². The normalized spacial score (nSPS) is 11.5. The minimum absolute atomic E-state index is 0.0893. The first-order valence-corrected chi connectivity index (χ1v) is 15.6. The number of thioether (sulfide) groups is 1. The molecule has 0 atom stereocenters. The number of unbranched alkanes of at least 4 members (excludes halogenated alkanes) is 4. The average molecular weight is 555 g/mol. The predicted octanol–water partition coefficient (Wildman–Crippen LogP) is 7.34. The number of hydrogen-bond acceptors (Lipinski definition) is 6. The Morgan fingerprint density at radius 1 is 0.800 bits per heavy atom. The lowest BCUT2D eigenvalue weighted by atomic mass is 10.1. The van der Waals surface area contributed by atoms with Crippen molar-refractivity contribution in [3.8, 4) is 11.4 Å². The van der Waals surface area contributed by atoms with E-state index >= 15 is 0 Å². The Hall–Kier alpha value is -3.65. The fraction of sp³-hybridized carbons (Fsp3) is 0.375. The summed E-state index contributed by atoms with van der Waals surface area (Å²) in [5, 5.41) is 7.12. The number of aryl methyl sites for hydroxylation is 1. The fourth-order valence-corrected chi connectivity index (χ4v) is 5.82. The Morgan fingerprint density at radius 2 is 1.40 bits per heavy atom. The summed E-state index contributed by atoms with van der Waals surface area (Å²) in [5.41, 5.74) is 3.71. The van der Waals surface area contributed by atoms with Crippen molar-refractivity contribution < 1.29 is 0 Å². The third-order valence-electron chi connectivity index (χ3n) is 7.32.